The highest BCUT2D eigenvalue weighted by Crippen LogP contribution is 2.02. The third kappa shape index (κ3) is 22.2. The van der Waals surface area contributed by atoms with Crippen LogP contribution in [0, 0.1) is 0 Å². The number of aliphatic hydroxyl groups is 4. The average molecular weight is 276 g/mol. The van der Waals surface area contributed by atoms with E-state index in [0.717, 1.165) is 0 Å². The predicted molar refractivity (Wildman–Crippen MR) is 80.8 cm³/mol. The first kappa shape index (κ1) is 30.5. The molecule has 0 aromatic rings. The third-order valence-corrected chi connectivity index (χ3v) is 1.33. The Balaban J connectivity index is -0.0000000693. The Morgan fingerprint density at radius 1 is 0.737 bits per heavy atom. The van der Waals surface area contributed by atoms with Gasteiger partial charge in [0.05, 0.1) is 6.10 Å². The van der Waals surface area contributed by atoms with Crippen molar-refractivity contribution in [3.05, 3.63) is 52.6 Å². The van der Waals surface area contributed by atoms with Crippen molar-refractivity contribution in [2.45, 2.75) is 31.3 Å². The minimum absolute atomic E-state index is 0.0935. The number of carbonyl (C=O) groups is 1. The molecular weight excluding hydrogens is 248 g/mol. The lowest BCUT2D eigenvalue weighted by atomic mass is 10.1. The van der Waals surface area contributed by atoms with Crippen molar-refractivity contribution in [3.63, 3.8) is 0 Å². The van der Waals surface area contributed by atoms with Gasteiger partial charge >= 0.3 is 0 Å². The zero-order valence-electron chi connectivity index (χ0n) is 11.7. The van der Waals surface area contributed by atoms with Gasteiger partial charge in [-0.05, 0) is 6.92 Å². The summed E-state index contributed by atoms with van der Waals surface area (Å²) in [5, 5.41) is 35.1. The summed E-state index contributed by atoms with van der Waals surface area (Å²) in [5.74, 6) is 0. The van der Waals surface area contributed by atoms with E-state index >= 15 is 0 Å². The highest BCUT2D eigenvalue weighted by atomic mass is 16.4. The van der Waals surface area contributed by atoms with E-state index < -0.39 is 24.4 Å². The second-order valence-electron chi connectivity index (χ2n) is 2.35. The lowest BCUT2D eigenvalue weighted by Gasteiger charge is -2.21. The molecule has 5 heteroatoms. The minimum Gasteiger partial charge on any atom is -0.391 e. The molecule has 0 spiro atoms. The van der Waals surface area contributed by atoms with E-state index in [0.29, 0.717) is 0 Å². The van der Waals surface area contributed by atoms with E-state index in [1.54, 1.807) is 0 Å². The molecule has 114 valence electrons. The quantitative estimate of drug-likeness (QED) is 0.451. The van der Waals surface area contributed by atoms with Crippen LogP contribution in [0.3, 0.4) is 0 Å². The molecule has 0 aliphatic carbocycles. The number of carbonyl (C=O) groups excluding carboxylic acids is 1. The van der Waals surface area contributed by atoms with Crippen LogP contribution in [-0.2, 0) is 4.79 Å². The van der Waals surface area contributed by atoms with Crippen molar-refractivity contribution in [3.8, 4) is 0 Å². The molecule has 0 radical (unpaired) electrons. The van der Waals surface area contributed by atoms with Gasteiger partial charge in [0.25, 0.3) is 0 Å². The molecule has 0 aromatic carbocycles. The monoisotopic (exact) mass is 276 g/mol. The largest absolute Gasteiger partial charge is 0.391 e. The topological polar surface area (TPSA) is 98.0 Å². The van der Waals surface area contributed by atoms with Crippen LogP contribution in [0.5, 0.6) is 0 Å². The molecule has 0 aliphatic rings. The molecule has 0 amide bonds. The molecule has 0 aliphatic heterocycles. The molecule has 0 rings (SSSR count). The SMILES string of the molecule is C=C.C=C.C=C.C=C.C[C@@H](O)[C@H](O)[C@H](O)[C@@H](O)C=O. The molecule has 0 fully saturated rings. The van der Waals surface area contributed by atoms with Crippen LogP contribution in [0.4, 0.5) is 0 Å². The summed E-state index contributed by atoms with van der Waals surface area (Å²) in [4.78, 5) is 9.87. The van der Waals surface area contributed by atoms with Crippen LogP contribution in [0.15, 0.2) is 52.6 Å². The van der Waals surface area contributed by atoms with Gasteiger partial charge in [0, 0.05) is 0 Å². The molecule has 19 heavy (non-hydrogen) atoms. The Morgan fingerprint density at radius 3 is 1.16 bits per heavy atom. The summed E-state index contributed by atoms with van der Waals surface area (Å²) in [5.41, 5.74) is 0. The summed E-state index contributed by atoms with van der Waals surface area (Å²) in [6.07, 6.45) is -5.88. The first-order valence-electron chi connectivity index (χ1n) is 5.18. The Bertz CT molecular complexity index is 165. The molecular formula is C14H28O5. The number of hydrogen-bond acceptors (Lipinski definition) is 5. The van der Waals surface area contributed by atoms with Gasteiger partial charge in [-0.25, -0.2) is 0 Å². The van der Waals surface area contributed by atoms with Crippen molar-refractivity contribution in [1.29, 1.82) is 0 Å². The van der Waals surface area contributed by atoms with Gasteiger partial charge in [0.1, 0.15) is 18.3 Å². The molecule has 4 atom stereocenters. The van der Waals surface area contributed by atoms with Crippen LogP contribution < -0.4 is 0 Å². The number of hydrogen-bond donors (Lipinski definition) is 4. The second kappa shape index (κ2) is 30.0. The maximum Gasteiger partial charge on any atom is 0.151 e. The normalized spacial score (nSPS) is 13.5. The van der Waals surface area contributed by atoms with Crippen molar-refractivity contribution < 1.29 is 25.2 Å². The lowest BCUT2D eigenvalue weighted by molar-refractivity contribution is -0.132. The van der Waals surface area contributed by atoms with Gasteiger partial charge in [0.2, 0.25) is 0 Å². The maximum absolute atomic E-state index is 9.87. The molecule has 0 bridgehead atoms. The smallest absolute Gasteiger partial charge is 0.151 e. The molecule has 0 heterocycles. The fourth-order valence-corrected chi connectivity index (χ4v) is 0.568. The first-order valence-corrected chi connectivity index (χ1v) is 5.18. The fraction of sp³-hybridized carbons (Fsp3) is 0.357. The van der Waals surface area contributed by atoms with Crippen LogP contribution in [0.1, 0.15) is 6.92 Å². The van der Waals surface area contributed by atoms with E-state index in [2.05, 4.69) is 52.6 Å². The summed E-state index contributed by atoms with van der Waals surface area (Å²) < 4.78 is 0. The Morgan fingerprint density at radius 2 is 1.00 bits per heavy atom. The minimum atomic E-state index is -1.65. The number of rotatable bonds is 4. The van der Waals surface area contributed by atoms with Gasteiger partial charge in [-0.3, -0.25) is 0 Å². The van der Waals surface area contributed by atoms with Gasteiger partial charge in [0.15, 0.2) is 6.29 Å². The predicted octanol–water partition coefficient (Wildman–Crippen LogP) is 0.858. The van der Waals surface area contributed by atoms with Gasteiger partial charge in [-0.15, -0.1) is 52.6 Å². The van der Waals surface area contributed by atoms with E-state index in [-0.39, 0.29) is 6.29 Å². The van der Waals surface area contributed by atoms with E-state index in [4.69, 9.17) is 20.4 Å². The van der Waals surface area contributed by atoms with Gasteiger partial charge < -0.3 is 25.2 Å². The molecule has 0 saturated heterocycles. The summed E-state index contributed by atoms with van der Waals surface area (Å²) >= 11 is 0. The van der Waals surface area contributed by atoms with Crippen molar-refractivity contribution >= 4 is 6.29 Å². The van der Waals surface area contributed by atoms with Gasteiger partial charge in [-0.1, -0.05) is 0 Å². The molecule has 0 aromatic heterocycles. The summed E-state index contributed by atoms with van der Waals surface area (Å²) in [6.45, 7) is 25.2. The van der Waals surface area contributed by atoms with Crippen LogP contribution >= 0.6 is 0 Å². The van der Waals surface area contributed by atoms with Gasteiger partial charge in [-0.2, -0.15) is 0 Å². The summed E-state index contributed by atoms with van der Waals surface area (Å²) in [7, 11) is 0. The Labute approximate surface area is 116 Å². The van der Waals surface area contributed by atoms with Crippen molar-refractivity contribution in [1.82, 2.24) is 0 Å². The highest BCUT2D eigenvalue weighted by Gasteiger charge is 2.27. The first-order chi connectivity index (χ1) is 9.00. The van der Waals surface area contributed by atoms with E-state index in [1.165, 1.54) is 6.92 Å². The second-order valence-corrected chi connectivity index (χ2v) is 2.35. The standard InChI is InChI=1S/C6H12O5.4C2H4/c1-3(8)5(10)6(11)4(9)2-7;4*1-2/h2-6,8-11H,1H3;4*1-2H2/t3-,4+,5+,6-;;;;/m1..../s1. The van der Waals surface area contributed by atoms with Crippen molar-refractivity contribution in [2.24, 2.45) is 0 Å². The number of aliphatic hydroxyl groups excluding tert-OH is 4. The Kier molecular flexibility index (Phi) is 48.1. The van der Waals surface area contributed by atoms with Crippen LogP contribution in [0.2, 0.25) is 0 Å². The summed E-state index contributed by atoms with van der Waals surface area (Å²) in [6, 6.07) is 0. The fourth-order valence-electron chi connectivity index (χ4n) is 0.568. The molecule has 4 N–H and O–H groups in total. The van der Waals surface area contributed by atoms with Crippen LogP contribution in [-0.4, -0.2) is 51.1 Å². The zero-order valence-corrected chi connectivity index (χ0v) is 11.7. The Hall–Kier alpha value is -1.53. The number of aldehydes is 1. The molecule has 0 unspecified atom stereocenters. The molecule has 0 saturated carbocycles. The maximum atomic E-state index is 9.87. The van der Waals surface area contributed by atoms with E-state index in [9.17, 15) is 4.79 Å². The highest BCUT2D eigenvalue weighted by molar-refractivity contribution is 5.56. The molecule has 5 nitrogen and oxygen atoms in total. The zero-order chi connectivity index (χ0) is 17.0. The van der Waals surface area contributed by atoms with Crippen molar-refractivity contribution in [2.75, 3.05) is 0 Å². The average Bonchev–Trinajstić information content (AvgIpc) is 2.52. The lowest BCUT2D eigenvalue weighted by Crippen LogP contribution is -2.43. The van der Waals surface area contributed by atoms with Crippen LogP contribution in [0.25, 0.3) is 0 Å². The third-order valence-electron chi connectivity index (χ3n) is 1.33. The van der Waals surface area contributed by atoms with E-state index in [1.807, 2.05) is 0 Å².